The van der Waals surface area contributed by atoms with Crippen LogP contribution >= 0.6 is 23.1 Å². The molecule has 0 unspecified atom stereocenters. The summed E-state index contributed by atoms with van der Waals surface area (Å²) in [6, 6.07) is 10.1. The molecular formula is C16H14ClN3OS. The number of para-hydroxylation sites is 1. The molecule has 6 heteroatoms. The number of benzene rings is 1. The van der Waals surface area contributed by atoms with E-state index in [4.69, 9.17) is 16.0 Å². The number of aromatic nitrogens is 1. The van der Waals surface area contributed by atoms with Crippen LogP contribution in [-0.4, -0.2) is 11.4 Å². The third-order valence-electron chi connectivity index (χ3n) is 3.59. The minimum absolute atomic E-state index is 0.266. The van der Waals surface area contributed by atoms with Gasteiger partial charge in [-0.2, -0.15) is 9.64 Å². The highest BCUT2D eigenvalue weighted by atomic mass is 35.5. The van der Waals surface area contributed by atoms with Gasteiger partial charge in [0.05, 0.1) is 0 Å². The molecule has 1 aromatic carbocycles. The molecule has 4 nitrogen and oxygen atoms in total. The van der Waals surface area contributed by atoms with Crippen LogP contribution < -0.4 is 4.90 Å². The molecule has 0 N–H and O–H groups in total. The number of aryl methyl sites for hydroxylation is 1. The minimum atomic E-state index is 0.266. The fraction of sp³-hybridized carbons (Fsp3) is 0.250. The van der Waals surface area contributed by atoms with Crippen LogP contribution in [0.3, 0.4) is 0 Å². The Hall–Kier alpha value is -2.03. The van der Waals surface area contributed by atoms with Gasteiger partial charge in [-0.25, -0.2) is 0 Å². The van der Waals surface area contributed by atoms with Gasteiger partial charge in [-0.05, 0) is 17.6 Å². The zero-order valence-corrected chi connectivity index (χ0v) is 13.8. The lowest BCUT2D eigenvalue weighted by Gasteiger charge is -2.17. The van der Waals surface area contributed by atoms with Crippen molar-refractivity contribution < 1.29 is 4.42 Å². The number of nitrogens with zero attached hydrogens (tertiary/aromatic N) is 3. The third kappa shape index (κ3) is 2.45. The fourth-order valence-corrected chi connectivity index (χ4v) is 3.52. The van der Waals surface area contributed by atoms with Crippen molar-refractivity contribution in [2.24, 2.45) is 0 Å². The zero-order chi connectivity index (χ0) is 15.7. The molecule has 0 aliphatic rings. The molecule has 2 aromatic heterocycles. The smallest absolute Gasteiger partial charge is 0.162 e. The standard InChI is InChI=1S/C16H14ClN3OS/c1-3-13-12(10-6-4-5-7-14(10)21-13)9-20(2)16-11(8-18)15(17)19-22-16/h4-7H,3,9H2,1-2H3. The van der Waals surface area contributed by atoms with E-state index in [0.29, 0.717) is 12.1 Å². The first-order valence-corrected chi connectivity index (χ1v) is 8.06. The average Bonchev–Trinajstić information content (AvgIpc) is 3.08. The maximum atomic E-state index is 9.22. The summed E-state index contributed by atoms with van der Waals surface area (Å²) in [6.45, 7) is 2.72. The van der Waals surface area contributed by atoms with Gasteiger partial charge in [-0.1, -0.05) is 36.7 Å². The normalized spacial score (nSPS) is 10.8. The van der Waals surface area contributed by atoms with Crippen molar-refractivity contribution >= 4 is 39.1 Å². The molecular weight excluding hydrogens is 318 g/mol. The van der Waals surface area contributed by atoms with E-state index >= 15 is 0 Å². The summed E-state index contributed by atoms with van der Waals surface area (Å²) in [4.78, 5) is 2.00. The first-order chi connectivity index (χ1) is 10.7. The van der Waals surface area contributed by atoms with Gasteiger partial charge < -0.3 is 9.32 Å². The molecule has 0 bridgehead atoms. The highest BCUT2D eigenvalue weighted by molar-refractivity contribution is 7.10. The Morgan fingerprint density at radius 2 is 2.18 bits per heavy atom. The van der Waals surface area contributed by atoms with Gasteiger partial charge in [0.15, 0.2) is 5.15 Å². The molecule has 0 saturated carbocycles. The van der Waals surface area contributed by atoms with Gasteiger partial charge in [-0.3, -0.25) is 0 Å². The lowest BCUT2D eigenvalue weighted by Crippen LogP contribution is -2.16. The maximum absolute atomic E-state index is 9.22. The largest absolute Gasteiger partial charge is 0.461 e. The molecule has 0 aliphatic carbocycles. The zero-order valence-electron chi connectivity index (χ0n) is 12.3. The second-order valence-electron chi connectivity index (χ2n) is 4.97. The van der Waals surface area contributed by atoms with Crippen molar-refractivity contribution in [3.05, 3.63) is 46.3 Å². The van der Waals surface area contributed by atoms with E-state index in [9.17, 15) is 5.26 Å². The Balaban J connectivity index is 2.01. The summed E-state index contributed by atoms with van der Waals surface area (Å²) in [7, 11) is 1.94. The average molecular weight is 332 g/mol. The van der Waals surface area contributed by atoms with E-state index in [-0.39, 0.29) is 5.15 Å². The Morgan fingerprint density at radius 3 is 2.91 bits per heavy atom. The lowest BCUT2D eigenvalue weighted by atomic mass is 10.1. The van der Waals surface area contributed by atoms with Gasteiger partial charge in [0, 0.05) is 31.0 Å². The summed E-state index contributed by atoms with van der Waals surface area (Å²) in [5.74, 6) is 0.974. The van der Waals surface area contributed by atoms with Crippen LogP contribution in [0.15, 0.2) is 28.7 Å². The van der Waals surface area contributed by atoms with Crippen LogP contribution in [-0.2, 0) is 13.0 Å². The molecule has 0 aliphatic heterocycles. The number of furan rings is 1. The maximum Gasteiger partial charge on any atom is 0.162 e. The second kappa shape index (κ2) is 5.99. The van der Waals surface area contributed by atoms with Gasteiger partial charge in [0.25, 0.3) is 0 Å². The SMILES string of the molecule is CCc1oc2ccccc2c1CN(C)c1snc(Cl)c1C#N. The summed E-state index contributed by atoms with van der Waals surface area (Å²) in [5, 5.41) is 11.4. The predicted octanol–water partition coefficient (Wildman–Crippen LogP) is 4.61. The summed E-state index contributed by atoms with van der Waals surface area (Å²) in [6.07, 6.45) is 0.826. The Labute approximate surface area is 137 Å². The van der Waals surface area contributed by atoms with E-state index in [1.54, 1.807) is 0 Å². The molecule has 112 valence electrons. The van der Waals surface area contributed by atoms with Crippen molar-refractivity contribution in [1.29, 1.82) is 5.26 Å². The van der Waals surface area contributed by atoms with Gasteiger partial charge in [-0.15, -0.1) is 0 Å². The minimum Gasteiger partial charge on any atom is -0.461 e. The number of hydrogen-bond acceptors (Lipinski definition) is 5. The molecule has 0 fully saturated rings. The predicted molar refractivity (Wildman–Crippen MR) is 89.5 cm³/mol. The molecule has 3 rings (SSSR count). The van der Waals surface area contributed by atoms with Crippen molar-refractivity contribution in [1.82, 2.24) is 4.37 Å². The lowest BCUT2D eigenvalue weighted by molar-refractivity contribution is 0.549. The molecule has 22 heavy (non-hydrogen) atoms. The second-order valence-corrected chi connectivity index (χ2v) is 6.08. The van der Waals surface area contributed by atoms with E-state index in [0.717, 1.165) is 33.7 Å². The van der Waals surface area contributed by atoms with Crippen molar-refractivity contribution in [2.75, 3.05) is 11.9 Å². The number of anilines is 1. The van der Waals surface area contributed by atoms with E-state index < -0.39 is 0 Å². The highest BCUT2D eigenvalue weighted by Crippen LogP contribution is 2.33. The Morgan fingerprint density at radius 1 is 1.41 bits per heavy atom. The number of halogens is 1. The molecule has 0 amide bonds. The van der Waals surface area contributed by atoms with Crippen LogP contribution in [0, 0.1) is 11.3 Å². The monoisotopic (exact) mass is 331 g/mol. The van der Waals surface area contributed by atoms with Crippen molar-refractivity contribution in [3.63, 3.8) is 0 Å². The van der Waals surface area contributed by atoms with E-state index in [2.05, 4.69) is 23.4 Å². The number of rotatable bonds is 4. The molecule has 0 atom stereocenters. The van der Waals surface area contributed by atoms with E-state index in [1.165, 1.54) is 11.5 Å². The number of fused-ring (bicyclic) bond motifs is 1. The summed E-state index contributed by atoms with van der Waals surface area (Å²) >= 11 is 7.20. The van der Waals surface area contributed by atoms with Crippen molar-refractivity contribution in [3.8, 4) is 6.07 Å². The van der Waals surface area contributed by atoms with Gasteiger partial charge >= 0.3 is 0 Å². The molecule has 3 aromatic rings. The van der Waals surface area contributed by atoms with Gasteiger partial charge in [0.2, 0.25) is 0 Å². The summed E-state index contributed by atoms with van der Waals surface area (Å²) in [5.41, 5.74) is 2.47. The van der Waals surface area contributed by atoms with Crippen LogP contribution in [0.5, 0.6) is 0 Å². The summed E-state index contributed by atoms with van der Waals surface area (Å²) < 4.78 is 9.98. The van der Waals surface area contributed by atoms with Gasteiger partial charge in [0.1, 0.15) is 28.0 Å². The topological polar surface area (TPSA) is 53.1 Å². The molecule has 0 spiro atoms. The van der Waals surface area contributed by atoms with E-state index in [1.807, 2.05) is 30.1 Å². The molecule has 0 radical (unpaired) electrons. The third-order valence-corrected chi connectivity index (χ3v) is 4.93. The number of hydrogen-bond donors (Lipinski definition) is 0. The Bertz CT molecular complexity index is 862. The van der Waals surface area contributed by atoms with Crippen LogP contribution in [0.25, 0.3) is 11.0 Å². The molecule has 2 heterocycles. The van der Waals surface area contributed by atoms with Crippen molar-refractivity contribution in [2.45, 2.75) is 19.9 Å². The fourth-order valence-electron chi connectivity index (χ4n) is 2.53. The first-order valence-electron chi connectivity index (χ1n) is 6.91. The first kappa shape index (κ1) is 14.9. The van der Waals surface area contributed by atoms with Crippen LogP contribution in [0.1, 0.15) is 23.8 Å². The quantitative estimate of drug-likeness (QED) is 0.700. The number of nitriles is 1. The highest BCUT2D eigenvalue weighted by Gasteiger charge is 2.19. The van der Waals surface area contributed by atoms with Crippen LogP contribution in [0.2, 0.25) is 5.15 Å². The van der Waals surface area contributed by atoms with Crippen LogP contribution in [0.4, 0.5) is 5.00 Å². The molecule has 0 saturated heterocycles. The Kier molecular flexibility index (Phi) is 4.06.